The lowest BCUT2D eigenvalue weighted by molar-refractivity contribution is 0.325. The molecule has 0 radical (unpaired) electrons. The molecule has 0 saturated carbocycles. The van der Waals surface area contributed by atoms with E-state index in [0.717, 1.165) is 0 Å². The van der Waals surface area contributed by atoms with Gasteiger partial charge in [-0.3, -0.25) is 15.0 Å². The maximum Gasteiger partial charge on any atom is 0.289 e. The number of aromatic nitrogens is 2. The first-order valence-electron chi connectivity index (χ1n) is 2.66. The van der Waals surface area contributed by atoms with Crippen molar-refractivity contribution < 1.29 is 5.11 Å². The highest BCUT2D eigenvalue weighted by atomic mass is 16.3. The van der Waals surface area contributed by atoms with Crippen LogP contribution < -0.4 is 16.6 Å². The van der Waals surface area contributed by atoms with Gasteiger partial charge >= 0.3 is 0 Å². The van der Waals surface area contributed by atoms with Crippen molar-refractivity contribution >= 4 is 11.5 Å². The van der Waals surface area contributed by atoms with E-state index in [0.29, 0.717) is 0 Å². The SMILES string of the molecule is Nc1[nH][nH]c(=O)c1NCO. The summed E-state index contributed by atoms with van der Waals surface area (Å²) in [6.07, 6.45) is 0. The molecule has 0 bridgehead atoms. The Morgan fingerprint density at radius 2 is 2.30 bits per heavy atom. The zero-order chi connectivity index (χ0) is 7.56. The number of aliphatic hydroxyl groups excluding tert-OH is 1. The zero-order valence-corrected chi connectivity index (χ0v) is 5.14. The highest BCUT2D eigenvalue weighted by molar-refractivity contribution is 5.59. The van der Waals surface area contributed by atoms with E-state index in [1.165, 1.54) is 0 Å². The Kier molecular flexibility index (Phi) is 1.63. The zero-order valence-electron chi connectivity index (χ0n) is 5.14. The van der Waals surface area contributed by atoms with Crippen LogP contribution in [0.1, 0.15) is 0 Å². The van der Waals surface area contributed by atoms with Crippen molar-refractivity contribution in [2.24, 2.45) is 0 Å². The minimum absolute atomic E-state index is 0.169. The van der Waals surface area contributed by atoms with Crippen LogP contribution in [0.25, 0.3) is 0 Å². The van der Waals surface area contributed by atoms with Crippen LogP contribution >= 0.6 is 0 Å². The summed E-state index contributed by atoms with van der Waals surface area (Å²) in [5.41, 5.74) is 5.07. The van der Waals surface area contributed by atoms with E-state index in [1.807, 2.05) is 0 Å². The Hall–Kier alpha value is -1.43. The van der Waals surface area contributed by atoms with Crippen LogP contribution in [0.5, 0.6) is 0 Å². The predicted octanol–water partition coefficient (Wildman–Crippen LogP) is -1.35. The van der Waals surface area contributed by atoms with Crippen molar-refractivity contribution in [1.29, 1.82) is 0 Å². The Morgan fingerprint density at radius 1 is 1.60 bits per heavy atom. The molecule has 0 unspecified atom stereocenters. The fourth-order valence-corrected chi connectivity index (χ4v) is 0.626. The van der Waals surface area contributed by atoms with Gasteiger partial charge in [-0.2, -0.15) is 0 Å². The van der Waals surface area contributed by atoms with E-state index in [4.69, 9.17) is 10.8 Å². The molecule has 1 heterocycles. The molecule has 0 fully saturated rings. The van der Waals surface area contributed by atoms with E-state index in [2.05, 4.69) is 15.5 Å². The van der Waals surface area contributed by atoms with E-state index < -0.39 is 0 Å². The van der Waals surface area contributed by atoms with Gasteiger partial charge < -0.3 is 16.2 Å². The first-order valence-corrected chi connectivity index (χ1v) is 2.66. The van der Waals surface area contributed by atoms with Gasteiger partial charge in [0, 0.05) is 0 Å². The van der Waals surface area contributed by atoms with Crippen LogP contribution in [-0.4, -0.2) is 22.0 Å². The average molecular weight is 144 g/mol. The smallest absolute Gasteiger partial charge is 0.289 e. The maximum absolute atomic E-state index is 10.7. The molecule has 1 rings (SSSR count). The van der Waals surface area contributed by atoms with E-state index >= 15 is 0 Å². The molecule has 0 spiro atoms. The molecule has 1 aromatic heterocycles. The van der Waals surface area contributed by atoms with Gasteiger partial charge in [0.15, 0.2) is 0 Å². The Balaban J connectivity index is 2.99. The van der Waals surface area contributed by atoms with Gasteiger partial charge in [-0.05, 0) is 0 Å². The minimum atomic E-state index is -0.369. The van der Waals surface area contributed by atoms with Gasteiger partial charge in [0.25, 0.3) is 5.56 Å². The van der Waals surface area contributed by atoms with Crippen LogP contribution in [0.2, 0.25) is 0 Å². The third kappa shape index (κ3) is 0.960. The van der Waals surface area contributed by atoms with Crippen molar-refractivity contribution in [1.82, 2.24) is 10.2 Å². The van der Waals surface area contributed by atoms with Gasteiger partial charge in [-0.25, -0.2) is 0 Å². The van der Waals surface area contributed by atoms with Gasteiger partial charge in [0.05, 0.1) is 0 Å². The molecule has 0 saturated heterocycles. The average Bonchev–Trinajstić information content (AvgIpc) is 2.20. The molecule has 0 aliphatic heterocycles. The summed E-state index contributed by atoms with van der Waals surface area (Å²) in [7, 11) is 0. The molecule has 6 nitrogen and oxygen atoms in total. The first-order chi connectivity index (χ1) is 4.75. The number of nitrogens with one attached hydrogen (secondary N) is 3. The van der Waals surface area contributed by atoms with Crippen LogP contribution in [-0.2, 0) is 0 Å². The predicted molar refractivity (Wildman–Crippen MR) is 36.5 cm³/mol. The first kappa shape index (κ1) is 6.69. The van der Waals surface area contributed by atoms with E-state index in [9.17, 15) is 4.79 Å². The van der Waals surface area contributed by atoms with E-state index in [-0.39, 0.29) is 23.8 Å². The molecule has 0 aliphatic carbocycles. The molecular weight excluding hydrogens is 136 g/mol. The largest absolute Gasteiger partial charge is 0.382 e. The fourth-order valence-electron chi connectivity index (χ4n) is 0.626. The summed E-state index contributed by atoms with van der Waals surface area (Å²) >= 11 is 0. The quantitative estimate of drug-likeness (QED) is 0.331. The van der Waals surface area contributed by atoms with Crippen molar-refractivity contribution in [3.05, 3.63) is 10.4 Å². The molecule has 0 aromatic carbocycles. The molecule has 0 amide bonds. The molecule has 56 valence electrons. The number of aliphatic hydroxyl groups is 1. The number of H-pyrrole nitrogens is 2. The molecule has 1 aromatic rings. The summed E-state index contributed by atoms with van der Waals surface area (Å²) in [4.78, 5) is 10.7. The van der Waals surface area contributed by atoms with Crippen LogP contribution in [0.3, 0.4) is 0 Å². The highest BCUT2D eigenvalue weighted by Crippen LogP contribution is 2.05. The Bertz CT molecular complexity index is 262. The molecule has 0 atom stereocenters. The lowest BCUT2D eigenvalue weighted by Crippen LogP contribution is -2.10. The number of nitrogen functional groups attached to an aromatic ring is 1. The third-order valence-corrected chi connectivity index (χ3v) is 1.06. The standard InChI is InChI=1S/C4H8N4O2/c5-3-2(6-1-9)4(10)8-7-3/h6,9H,1H2,(H4,5,7,8,10). The lowest BCUT2D eigenvalue weighted by atomic mass is 10.5. The number of hydrogen-bond acceptors (Lipinski definition) is 4. The summed E-state index contributed by atoms with van der Waals surface area (Å²) in [6.45, 7) is -0.314. The second-order valence-corrected chi connectivity index (χ2v) is 1.70. The molecule has 6 N–H and O–H groups in total. The Morgan fingerprint density at radius 3 is 2.70 bits per heavy atom. The molecular formula is C4H8N4O2. The van der Waals surface area contributed by atoms with Crippen LogP contribution in [0, 0.1) is 0 Å². The summed E-state index contributed by atoms with van der Waals surface area (Å²) < 4.78 is 0. The maximum atomic E-state index is 10.7. The van der Waals surface area contributed by atoms with Crippen molar-refractivity contribution in [2.75, 3.05) is 17.8 Å². The lowest BCUT2D eigenvalue weighted by Gasteiger charge is -1.95. The second kappa shape index (κ2) is 2.44. The van der Waals surface area contributed by atoms with Crippen molar-refractivity contribution in [3.8, 4) is 0 Å². The van der Waals surface area contributed by atoms with Gasteiger partial charge in [-0.1, -0.05) is 0 Å². The molecule has 0 aliphatic rings. The second-order valence-electron chi connectivity index (χ2n) is 1.70. The summed E-state index contributed by atoms with van der Waals surface area (Å²) in [6, 6.07) is 0. The number of anilines is 2. The van der Waals surface area contributed by atoms with Gasteiger partial charge in [-0.15, -0.1) is 0 Å². The number of nitrogens with two attached hydrogens (primary N) is 1. The van der Waals surface area contributed by atoms with Gasteiger partial charge in [0.1, 0.15) is 18.2 Å². The number of rotatable bonds is 2. The third-order valence-electron chi connectivity index (χ3n) is 1.06. The molecule has 10 heavy (non-hydrogen) atoms. The van der Waals surface area contributed by atoms with Crippen LogP contribution in [0.15, 0.2) is 4.79 Å². The van der Waals surface area contributed by atoms with Crippen molar-refractivity contribution in [2.45, 2.75) is 0 Å². The van der Waals surface area contributed by atoms with Gasteiger partial charge in [0.2, 0.25) is 0 Å². The highest BCUT2D eigenvalue weighted by Gasteiger charge is 2.03. The topological polar surface area (TPSA) is 107 Å². The summed E-state index contributed by atoms with van der Waals surface area (Å²) in [5, 5.41) is 15.4. The van der Waals surface area contributed by atoms with E-state index in [1.54, 1.807) is 0 Å². The molecule has 6 heteroatoms. The van der Waals surface area contributed by atoms with Crippen molar-refractivity contribution in [3.63, 3.8) is 0 Å². The number of hydrogen-bond donors (Lipinski definition) is 5. The number of aromatic amines is 2. The monoisotopic (exact) mass is 144 g/mol. The minimum Gasteiger partial charge on any atom is -0.382 e. The summed E-state index contributed by atoms with van der Waals surface area (Å²) in [5.74, 6) is 0.194. The normalized spacial score (nSPS) is 9.70. The Labute approximate surface area is 56.0 Å². The fraction of sp³-hybridized carbons (Fsp3) is 0.250. The van der Waals surface area contributed by atoms with Crippen LogP contribution in [0.4, 0.5) is 11.5 Å².